The van der Waals surface area contributed by atoms with Gasteiger partial charge in [-0.05, 0) is 34.7 Å². The minimum atomic E-state index is -0.277. The summed E-state index contributed by atoms with van der Waals surface area (Å²) in [6.45, 7) is 11.4. The first kappa shape index (κ1) is 17.2. The molecule has 6 heteroatoms. The van der Waals surface area contributed by atoms with Crippen LogP contribution in [0.3, 0.4) is 0 Å². The smallest absolute Gasteiger partial charge is 0.283 e. The number of nitrogens with two attached hydrogens (primary N) is 1. The molecule has 0 aliphatic carbocycles. The highest BCUT2D eigenvalue weighted by molar-refractivity contribution is 9.10. The maximum absolute atomic E-state index is 12.3. The van der Waals surface area contributed by atoms with Crippen LogP contribution in [0, 0.1) is 11.8 Å². The van der Waals surface area contributed by atoms with Gasteiger partial charge in [-0.2, -0.15) is 5.10 Å². The van der Waals surface area contributed by atoms with E-state index in [2.05, 4.69) is 54.0 Å². The number of halogens is 1. The van der Waals surface area contributed by atoms with Crippen LogP contribution in [0.25, 0.3) is 0 Å². The molecule has 1 atom stereocenters. The molecule has 0 bridgehead atoms. The summed E-state index contributed by atoms with van der Waals surface area (Å²) < 4.78 is 1.99. The molecule has 5 nitrogen and oxygen atoms in total. The highest BCUT2D eigenvalue weighted by Crippen LogP contribution is 2.25. The SMILES string of the molecule is CC(C)Cn1ncc(NC(C)(CN)C(C)C)c(Br)c1=O. The highest BCUT2D eigenvalue weighted by Gasteiger charge is 2.27. The third-order valence-electron chi connectivity index (χ3n) is 3.64. The molecule has 0 saturated heterocycles. The lowest BCUT2D eigenvalue weighted by Gasteiger charge is -2.34. The fraction of sp³-hybridized carbons (Fsp3) is 0.714. The van der Waals surface area contributed by atoms with Crippen LogP contribution in [0.15, 0.2) is 15.5 Å². The Morgan fingerprint density at radius 1 is 1.45 bits per heavy atom. The molecule has 0 aliphatic rings. The van der Waals surface area contributed by atoms with Gasteiger partial charge in [-0.15, -0.1) is 0 Å². The van der Waals surface area contributed by atoms with Crippen molar-refractivity contribution in [3.63, 3.8) is 0 Å². The van der Waals surface area contributed by atoms with Gasteiger partial charge in [0.2, 0.25) is 0 Å². The summed E-state index contributed by atoms with van der Waals surface area (Å²) in [4.78, 5) is 12.3. The lowest BCUT2D eigenvalue weighted by atomic mass is 9.88. The van der Waals surface area contributed by atoms with Gasteiger partial charge in [0.05, 0.1) is 11.9 Å². The topological polar surface area (TPSA) is 72.9 Å². The molecular weight excluding hydrogens is 320 g/mol. The number of anilines is 1. The van der Waals surface area contributed by atoms with Crippen LogP contribution in [-0.2, 0) is 6.54 Å². The van der Waals surface area contributed by atoms with Crippen molar-refractivity contribution >= 4 is 21.6 Å². The van der Waals surface area contributed by atoms with Gasteiger partial charge in [0, 0.05) is 18.6 Å². The molecule has 1 aromatic rings. The number of aromatic nitrogens is 2. The van der Waals surface area contributed by atoms with E-state index in [0.29, 0.717) is 35.1 Å². The number of hydrogen-bond acceptors (Lipinski definition) is 4. The summed E-state index contributed by atoms with van der Waals surface area (Å²) in [5, 5.41) is 7.57. The zero-order chi connectivity index (χ0) is 15.5. The van der Waals surface area contributed by atoms with E-state index in [9.17, 15) is 4.79 Å². The van der Waals surface area contributed by atoms with Crippen LogP contribution >= 0.6 is 15.9 Å². The second-order valence-electron chi connectivity index (χ2n) is 6.15. The maximum atomic E-state index is 12.3. The Labute approximate surface area is 129 Å². The molecule has 0 fully saturated rings. The summed E-state index contributed by atoms with van der Waals surface area (Å²) in [6.07, 6.45) is 1.68. The lowest BCUT2D eigenvalue weighted by Crippen LogP contribution is -2.47. The van der Waals surface area contributed by atoms with Gasteiger partial charge < -0.3 is 11.1 Å². The molecule has 0 radical (unpaired) electrons. The zero-order valence-corrected chi connectivity index (χ0v) is 14.5. The molecule has 20 heavy (non-hydrogen) atoms. The van der Waals surface area contributed by atoms with Crippen molar-refractivity contribution in [3.8, 4) is 0 Å². The van der Waals surface area contributed by atoms with E-state index in [0.717, 1.165) is 0 Å². The number of nitrogens with zero attached hydrogens (tertiary/aromatic N) is 2. The third-order valence-corrected chi connectivity index (χ3v) is 4.41. The van der Waals surface area contributed by atoms with Crippen LogP contribution in [0.5, 0.6) is 0 Å². The Kier molecular flexibility index (Phi) is 5.77. The predicted molar refractivity (Wildman–Crippen MR) is 87.0 cm³/mol. The van der Waals surface area contributed by atoms with Crippen molar-refractivity contribution < 1.29 is 0 Å². The molecule has 1 unspecified atom stereocenters. The van der Waals surface area contributed by atoms with Gasteiger partial charge in [-0.3, -0.25) is 4.79 Å². The summed E-state index contributed by atoms with van der Waals surface area (Å²) in [7, 11) is 0. The summed E-state index contributed by atoms with van der Waals surface area (Å²) >= 11 is 3.38. The fourth-order valence-corrected chi connectivity index (χ4v) is 2.17. The molecule has 1 heterocycles. The first-order valence-electron chi connectivity index (χ1n) is 6.95. The minimum absolute atomic E-state index is 0.119. The van der Waals surface area contributed by atoms with Gasteiger partial charge in [0.15, 0.2) is 0 Å². The van der Waals surface area contributed by atoms with Crippen molar-refractivity contribution in [3.05, 3.63) is 21.0 Å². The predicted octanol–water partition coefficient (Wildman–Crippen LogP) is 2.45. The van der Waals surface area contributed by atoms with Crippen LogP contribution in [0.2, 0.25) is 0 Å². The number of rotatable bonds is 6. The van der Waals surface area contributed by atoms with E-state index in [1.807, 2.05) is 6.92 Å². The maximum Gasteiger partial charge on any atom is 0.283 e. The fourth-order valence-electron chi connectivity index (χ4n) is 1.77. The second kappa shape index (κ2) is 6.72. The third kappa shape index (κ3) is 3.82. The molecular formula is C14H25BrN4O. The largest absolute Gasteiger partial charge is 0.376 e. The van der Waals surface area contributed by atoms with E-state index < -0.39 is 0 Å². The molecule has 1 aromatic heterocycles. The first-order chi connectivity index (χ1) is 9.21. The van der Waals surface area contributed by atoms with Gasteiger partial charge in [0.1, 0.15) is 4.47 Å². The Balaban J connectivity index is 3.10. The number of hydrogen-bond donors (Lipinski definition) is 2. The van der Waals surface area contributed by atoms with E-state index in [-0.39, 0.29) is 11.1 Å². The normalized spacial score (nSPS) is 14.7. The van der Waals surface area contributed by atoms with Crippen LogP contribution in [0.1, 0.15) is 34.6 Å². The van der Waals surface area contributed by atoms with Crippen LogP contribution in [0.4, 0.5) is 5.69 Å². The van der Waals surface area contributed by atoms with Gasteiger partial charge in [0.25, 0.3) is 5.56 Å². The van der Waals surface area contributed by atoms with Crippen molar-refractivity contribution in [1.82, 2.24) is 9.78 Å². The lowest BCUT2D eigenvalue weighted by molar-refractivity contribution is 0.381. The van der Waals surface area contributed by atoms with Crippen molar-refractivity contribution in [1.29, 1.82) is 0 Å². The van der Waals surface area contributed by atoms with E-state index >= 15 is 0 Å². The van der Waals surface area contributed by atoms with E-state index in [1.54, 1.807) is 6.20 Å². The van der Waals surface area contributed by atoms with Gasteiger partial charge >= 0.3 is 0 Å². The molecule has 114 valence electrons. The average molecular weight is 345 g/mol. The monoisotopic (exact) mass is 344 g/mol. The van der Waals surface area contributed by atoms with Crippen molar-refractivity contribution in [2.24, 2.45) is 17.6 Å². The number of nitrogens with one attached hydrogen (secondary N) is 1. The molecule has 0 aliphatic heterocycles. The average Bonchev–Trinajstić information content (AvgIpc) is 2.37. The molecule has 1 rings (SSSR count). The first-order valence-corrected chi connectivity index (χ1v) is 7.74. The van der Waals surface area contributed by atoms with Gasteiger partial charge in [-0.25, -0.2) is 4.68 Å². The Hall–Kier alpha value is -0.880. The zero-order valence-electron chi connectivity index (χ0n) is 12.9. The molecule has 0 spiro atoms. The van der Waals surface area contributed by atoms with Crippen LogP contribution in [-0.4, -0.2) is 21.9 Å². The Morgan fingerprint density at radius 2 is 2.05 bits per heavy atom. The van der Waals surface area contributed by atoms with Crippen molar-refractivity contribution in [2.75, 3.05) is 11.9 Å². The Morgan fingerprint density at radius 3 is 2.50 bits per heavy atom. The van der Waals surface area contributed by atoms with Crippen molar-refractivity contribution in [2.45, 2.75) is 46.7 Å². The van der Waals surface area contributed by atoms with Crippen LogP contribution < -0.4 is 16.6 Å². The standard InChI is InChI=1S/C14H25BrN4O/c1-9(2)7-19-13(20)12(15)11(6-17-19)18-14(5,8-16)10(3)4/h6,9-10,18H,7-8,16H2,1-5H3. The quantitative estimate of drug-likeness (QED) is 0.831. The summed E-state index contributed by atoms with van der Waals surface area (Å²) in [5.74, 6) is 0.702. The summed E-state index contributed by atoms with van der Waals surface area (Å²) in [5.41, 5.74) is 6.15. The molecule has 0 aromatic carbocycles. The van der Waals surface area contributed by atoms with E-state index in [1.165, 1.54) is 4.68 Å². The second-order valence-corrected chi connectivity index (χ2v) is 6.95. The summed E-state index contributed by atoms with van der Waals surface area (Å²) in [6, 6.07) is 0. The molecule has 0 amide bonds. The molecule has 0 saturated carbocycles. The van der Waals surface area contributed by atoms with Gasteiger partial charge in [-0.1, -0.05) is 27.7 Å². The molecule has 3 N–H and O–H groups in total. The Bertz CT molecular complexity index is 512. The minimum Gasteiger partial charge on any atom is -0.376 e. The van der Waals surface area contributed by atoms with E-state index in [4.69, 9.17) is 5.73 Å². The highest BCUT2D eigenvalue weighted by atomic mass is 79.9.